The van der Waals surface area contributed by atoms with Gasteiger partial charge in [0.25, 0.3) is 0 Å². The molecule has 1 saturated carbocycles. The number of hydrogen-bond acceptors (Lipinski definition) is 10. The number of hydrogen-bond donors (Lipinski definition) is 7. The van der Waals surface area contributed by atoms with Gasteiger partial charge in [-0.05, 0) is 62.9 Å². The Morgan fingerprint density at radius 2 is 1.90 bits per heavy atom. The van der Waals surface area contributed by atoms with Crippen molar-refractivity contribution < 1.29 is 29.2 Å². The molecule has 3 aliphatic rings. The van der Waals surface area contributed by atoms with Gasteiger partial charge in [-0.15, -0.1) is 0 Å². The van der Waals surface area contributed by atoms with Crippen LogP contribution in [0.1, 0.15) is 91.9 Å². The third kappa shape index (κ3) is 9.81. The van der Waals surface area contributed by atoms with Crippen LogP contribution in [0.15, 0.2) is 0 Å². The molecule has 2 unspecified atom stereocenters. The summed E-state index contributed by atoms with van der Waals surface area (Å²) in [5.74, 6) is -0.483. The second-order valence-electron chi connectivity index (χ2n) is 13.6. The van der Waals surface area contributed by atoms with E-state index in [0.29, 0.717) is 31.8 Å². The van der Waals surface area contributed by atoms with Gasteiger partial charge in [0.2, 0.25) is 5.91 Å². The van der Waals surface area contributed by atoms with Crippen LogP contribution < -0.4 is 27.8 Å². The summed E-state index contributed by atoms with van der Waals surface area (Å²) in [4.78, 5) is 12.8. The fraction of sp³-hybridized carbons (Fsp3) is 0.968. The van der Waals surface area contributed by atoms with Crippen LogP contribution in [0.2, 0.25) is 0 Å². The van der Waals surface area contributed by atoms with Crippen LogP contribution in [0.3, 0.4) is 0 Å². The first kappa shape index (κ1) is 35.6. The standard InChI is InChI=1S/C31H61N5O6/c1-5-7-8-13-35-17-20-9-10-22(33)26(41-20)15-21-23(34)16-24(36-30(39)25(37)11-12-32)29(28(21)38)42-27-14-19(6-2)31(3,4)18-40-27/h19-29,35,37-38H,5-18,32-34H2,1-4H3,(H,36,39)/t19-,20?,21-,22-,23+,24-,25+,26-,27?,28+,29+/m1/s1. The van der Waals surface area contributed by atoms with Crippen LogP contribution in [0, 0.1) is 17.3 Å². The number of unbranched alkanes of at least 4 members (excludes halogenated alkanes) is 2. The van der Waals surface area contributed by atoms with Crippen molar-refractivity contribution in [3.05, 3.63) is 0 Å². The molecule has 246 valence electrons. The highest BCUT2D eigenvalue weighted by atomic mass is 16.7. The van der Waals surface area contributed by atoms with Crippen LogP contribution in [0.25, 0.3) is 0 Å². The molecular weight excluding hydrogens is 538 g/mol. The lowest BCUT2D eigenvalue weighted by molar-refractivity contribution is -0.254. The zero-order chi connectivity index (χ0) is 30.9. The maximum atomic E-state index is 12.8. The molecule has 0 aromatic rings. The molecule has 11 atom stereocenters. The monoisotopic (exact) mass is 599 g/mol. The van der Waals surface area contributed by atoms with Crippen LogP contribution in [0.5, 0.6) is 0 Å². The lowest BCUT2D eigenvalue weighted by Crippen LogP contribution is -2.64. The molecule has 0 aromatic heterocycles. The lowest BCUT2D eigenvalue weighted by Gasteiger charge is -2.48. The summed E-state index contributed by atoms with van der Waals surface area (Å²) in [6.45, 7) is 11.3. The van der Waals surface area contributed by atoms with E-state index in [1.165, 1.54) is 12.8 Å². The zero-order valence-corrected chi connectivity index (χ0v) is 26.5. The van der Waals surface area contributed by atoms with E-state index < -0.39 is 42.6 Å². The number of aliphatic hydroxyl groups excluding tert-OH is 2. The summed E-state index contributed by atoms with van der Waals surface area (Å²) in [6, 6.07) is -1.15. The Labute approximate surface area is 253 Å². The molecule has 0 aromatic carbocycles. The number of amides is 1. The molecule has 1 aliphatic carbocycles. The molecule has 0 radical (unpaired) electrons. The largest absolute Gasteiger partial charge is 0.390 e. The van der Waals surface area contributed by atoms with Gasteiger partial charge >= 0.3 is 0 Å². The predicted molar refractivity (Wildman–Crippen MR) is 163 cm³/mol. The van der Waals surface area contributed by atoms with E-state index in [4.69, 9.17) is 31.4 Å². The summed E-state index contributed by atoms with van der Waals surface area (Å²) < 4.78 is 19.1. The van der Waals surface area contributed by atoms with E-state index in [2.05, 4.69) is 38.3 Å². The van der Waals surface area contributed by atoms with Gasteiger partial charge in [-0.2, -0.15) is 0 Å². The number of ether oxygens (including phenoxy) is 3. The van der Waals surface area contributed by atoms with Crippen molar-refractivity contribution in [1.82, 2.24) is 10.6 Å². The molecule has 11 heteroatoms. The molecule has 10 N–H and O–H groups in total. The fourth-order valence-corrected chi connectivity index (χ4v) is 6.96. The van der Waals surface area contributed by atoms with Gasteiger partial charge in [0, 0.05) is 31.0 Å². The van der Waals surface area contributed by atoms with Crippen LogP contribution in [-0.2, 0) is 19.0 Å². The van der Waals surface area contributed by atoms with E-state index in [0.717, 1.165) is 38.8 Å². The van der Waals surface area contributed by atoms with Crippen LogP contribution in [0.4, 0.5) is 0 Å². The van der Waals surface area contributed by atoms with Gasteiger partial charge in [0.15, 0.2) is 6.29 Å². The van der Waals surface area contributed by atoms with Crippen molar-refractivity contribution in [3.8, 4) is 0 Å². The van der Waals surface area contributed by atoms with Gasteiger partial charge < -0.3 is 52.3 Å². The summed E-state index contributed by atoms with van der Waals surface area (Å²) >= 11 is 0. The Kier molecular flexibility index (Phi) is 14.4. The van der Waals surface area contributed by atoms with E-state index >= 15 is 0 Å². The topological polar surface area (TPSA) is 187 Å². The molecule has 2 heterocycles. The first-order chi connectivity index (χ1) is 20.0. The molecule has 3 rings (SSSR count). The quantitative estimate of drug-likeness (QED) is 0.134. The molecule has 0 bridgehead atoms. The zero-order valence-electron chi connectivity index (χ0n) is 26.5. The van der Waals surface area contributed by atoms with Crippen molar-refractivity contribution in [2.24, 2.45) is 34.5 Å². The Balaban J connectivity index is 1.70. The second-order valence-corrected chi connectivity index (χ2v) is 13.6. The minimum Gasteiger partial charge on any atom is -0.390 e. The van der Waals surface area contributed by atoms with Gasteiger partial charge in [-0.3, -0.25) is 4.79 Å². The summed E-state index contributed by atoms with van der Waals surface area (Å²) in [5.41, 5.74) is 18.8. The van der Waals surface area contributed by atoms with Crippen LogP contribution in [-0.4, -0.2) is 97.3 Å². The Hall–Kier alpha value is -0.890. The molecule has 1 amide bonds. The molecule has 0 spiro atoms. The summed E-state index contributed by atoms with van der Waals surface area (Å²) in [6.07, 6.45) is 4.37. The highest BCUT2D eigenvalue weighted by Crippen LogP contribution is 2.40. The first-order valence-corrected chi connectivity index (χ1v) is 16.5. The van der Waals surface area contributed by atoms with Gasteiger partial charge in [0.1, 0.15) is 12.2 Å². The average Bonchev–Trinajstić information content (AvgIpc) is 2.95. The second kappa shape index (κ2) is 17.0. The van der Waals surface area contributed by atoms with Crippen molar-refractivity contribution in [1.29, 1.82) is 0 Å². The normalized spacial score (nSPS) is 37.7. The minimum atomic E-state index is -1.24. The molecular formula is C31H61N5O6. The Bertz CT molecular complexity index is 806. The fourth-order valence-electron chi connectivity index (χ4n) is 6.96. The van der Waals surface area contributed by atoms with E-state index in [9.17, 15) is 15.0 Å². The number of nitrogens with two attached hydrogens (primary N) is 3. The molecule has 2 saturated heterocycles. The molecule has 42 heavy (non-hydrogen) atoms. The highest BCUT2D eigenvalue weighted by Gasteiger charge is 2.48. The van der Waals surface area contributed by atoms with Crippen molar-refractivity contribution >= 4 is 5.91 Å². The SMILES string of the molecule is CCCCCNCC1CC[C@@H](N)[C@@H](C[C@H]2[C@H](O)[C@@H](OC3C[C@@H](CC)C(C)(C)CO3)[C@H](NC(=O)[C@@H](O)CCN)C[C@@H]2N)O1. The maximum Gasteiger partial charge on any atom is 0.249 e. The number of aliphatic hydroxyl groups is 2. The number of carbonyl (C=O) groups is 1. The Morgan fingerprint density at radius 3 is 2.60 bits per heavy atom. The van der Waals surface area contributed by atoms with Crippen molar-refractivity contribution in [3.63, 3.8) is 0 Å². The lowest BCUT2D eigenvalue weighted by atomic mass is 9.73. The van der Waals surface area contributed by atoms with Crippen molar-refractivity contribution in [2.75, 3.05) is 26.2 Å². The number of nitrogens with one attached hydrogen (secondary N) is 2. The maximum absolute atomic E-state index is 12.8. The van der Waals surface area contributed by atoms with Crippen molar-refractivity contribution in [2.45, 2.75) is 147 Å². The third-order valence-corrected chi connectivity index (χ3v) is 9.84. The van der Waals surface area contributed by atoms with E-state index in [1.54, 1.807) is 0 Å². The number of rotatable bonds is 15. The molecule has 11 nitrogen and oxygen atoms in total. The van der Waals surface area contributed by atoms with Crippen LogP contribution >= 0.6 is 0 Å². The first-order valence-electron chi connectivity index (χ1n) is 16.5. The highest BCUT2D eigenvalue weighted by molar-refractivity contribution is 5.80. The molecule has 2 aliphatic heterocycles. The number of carbonyl (C=O) groups excluding carboxylic acids is 1. The molecule has 3 fully saturated rings. The van der Waals surface area contributed by atoms with E-state index in [1.807, 2.05) is 0 Å². The predicted octanol–water partition coefficient (Wildman–Crippen LogP) is 1.12. The summed E-state index contributed by atoms with van der Waals surface area (Å²) in [5, 5.41) is 28.4. The smallest absolute Gasteiger partial charge is 0.249 e. The average molecular weight is 600 g/mol. The van der Waals surface area contributed by atoms with Gasteiger partial charge in [0.05, 0.1) is 31.0 Å². The Morgan fingerprint density at radius 1 is 1.14 bits per heavy atom. The van der Waals surface area contributed by atoms with Gasteiger partial charge in [-0.1, -0.05) is 47.0 Å². The van der Waals surface area contributed by atoms with E-state index in [-0.39, 0.29) is 42.5 Å². The van der Waals surface area contributed by atoms with Gasteiger partial charge in [-0.25, -0.2) is 0 Å². The third-order valence-electron chi connectivity index (χ3n) is 9.84. The minimum absolute atomic E-state index is 0.0283. The summed E-state index contributed by atoms with van der Waals surface area (Å²) in [7, 11) is 0.